The second-order valence-corrected chi connectivity index (χ2v) is 8.99. The average Bonchev–Trinajstić information content (AvgIpc) is 2.84. The molecule has 1 heterocycles. The Morgan fingerprint density at radius 1 is 1.35 bits per heavy atom. The lowest BCUT2D eigenvalue weighted by Gasteiger charge is -2.13. The van der Waals surface area contributed by atoms with Crippen LogP contribution in [0.3, 0.4) is 0 Å². The van der Waals surface area contributed by atoms with Gasteiger partial charge in [0.1, 0.15) is 5.25 Å². The van der Waals surface area contributed by atoms with E-state index in [-0.39, 0.29) is 17.5 Å². The fraction of sp³-hybridized carbons (Fsp3) is 0.467. The van der Waals surface area contributed by atoms with Crippen LogP contribution in [-0.2, 0) is 24.2 Å². The van der Waals surface area contributed by atoms with E-state index in [0.29, 0.717) is 6.42 Å². The molecule has 1 aromatic rings. The van der Waals surface area contributed by atoms with Crippen LogP contribution in [0.1, 0.15) is 13.3 Å². The van der Waals surface area contributed by atoms with Crippen LogP contribution in [0.15, 0.2) is 35.2 Å². The van der Waals surface area contributed by atoms with Crippen LogP contribution >= 0.6 is 11.8 Å². The van der Waals surface area contributed by atoms with Gasteiger partial charge >= 0.3 is 5.97 Å². The number of carbonyl (C=O) groups is 2. The van der Waals surface area contributed by atoms with E-state index in [0.717, 1.165) is 4.90 Å². The highest BCUT2D eigenvalue weighted by atomic mass is 32.2. The lowest BCUT2D eigenvalue weighted by Crippen LogP contribution is -2.38. The quantitative estimate of drug-likeness (QED) is 0.604. The Kier molecular flexibility index (Phi) is 6.06. The molecule has 1 aliphatic rings. The van der Waals surface area contributed by atoms with Gasteiger partial charge in [0.25, 0.3) is 5.91 Å². The van der Waals surface area contributed by atoms with Crippen molar-refractivity contribution in [2.75, 3.05) is 18.1 Å². The normalized spacial score (nSPS) is 20.7. The predicted octanol–water partition coefficient (Wildman–Crippen LogP) is 1.01. The highest BCUT2D eigenvalue weighted by molar-refractivity contribution is 8.00. The molecule has 1 fully saturated rings. The summed E-state index contributed by atoms with van der Waals surface area (Å²) in [5.41, 5.74) is 0. The first kappa shape index (κ1) is 17.8. The first-order chi connectivity index (χ1) is 10.9. The topological polar surface area (TPSA) is 89.5 Å². The molecule has 0 unspecified atom stereocenters. The van der Waals surface area contributed by atoms with E-state index in [2.05, 4.69) is 5.32 Å². The standard InChI is InChI=1S/C15H19NO5S2/c1-11(22-13-5-3-2-4-6-13)15(18)21-9-14(17)16-12-7-8-23(19,20)10-12/h2-6,11-12H,7-10H2,1H3,(H,16,17)/t11-,12+/m0/s1. The van der Waals surface area contributed by atoms with Gasteiger partial charge in [-0.15, -0.1) is 11.8 Å². The van der Waals surface area contributed by atoms with E-state index in [1.54, 1.807) is 6.92 Å². The van der Waals surface area contributed by atoms with E-state index in [9.17, 15) is 18.0 Å². The molecule has 0 aromatic heterocycles. The number of ether oxygens (including phenoxy) is 1. The van der Waals surface area contributed by atoms with E-state index in [1.807, 2.05) is 30.3 Å². The summed E-state index contributed by atoms with van der Waals surface area (Å²) in [6.45, 7) is 1.32. The summed E-state index contributed by atoms with van der Waals surface area (Å²) >= 11 is 1.35. The highest BCUT2D eigenvalue weighted by Crippen LogP contribution is 2.23. The molecule has 1 N–H and O–H groups in total. The SMILES string of the molecule is C[C@H](Sc1ccccc1)C(=O)OCC(=O)N[C@@H]1CCS(=O)(=O)C1. The van der Waals surface area contributed by atoms with Crippen molar-refractivity contribution >= 4 is 33.5 Å². The van der Waals surface area contributed by atoms with Crippen molar-refractivity contribution in [3.8, 4) is 0 Å². The number of thioether (sulfide) groups is 1. The molecule has 2 atom stereocenters. The lowest BCUT2D eigenvalue weighted by molar-refractivity contribution is -0.147. The summed E-state index contributed by atoms with van der Waals surface area (Å²) in [4.78, 5) is 24.5. The van der Waals surface area contributed by atoms with Crippen molar-refractivity contribution in [1.82, 2.24) is 5.32 Å². The van der Waals surface area contributed by atoms with Gasteiger partial charge in [0.05, 0.1) is 11.5 Å². The molecule has 2 rings (SSSR count). The maximum Gasteiger partial charge on any atom is 0.319 e. The van der Waals surface area contributed by atoms with Gasteiger partial charge in [-0.1, -0.05) is 18.2 Å². The van der Waals surface area contributed by atoms with Gasteiger partial charge in [0.15, 0.2) is 16.4 Å². The van der Waals surface area contributed by atoms with Crippen molar-refractivity contribution in [2.45, 2.75) is 29.5 Å². The van der Waals surface area contributed by atoms with Gasteiger partial charge < -0.3 is 10.1 Å². The Bertz CT molecular complexity index is 660. The molecule has 0 spiro atoms. The van der Waals surface area contributed by atoms with Crippen LogP contribution < -0.4 is 5.32 Å². The summed E-state index contributed by atoms with van der Waals surface area (Å²) < 4.78 is 27.6. The number of hydrogen-bond donors (Lipinski definition) is 1. The second-order valence-electron chi connectivity index (χ2n) is 5.35. The minimum Gasteiger partial charge on any atom is -0.455 e. The Balaban J connectivity index is 1.72. The van der Waals surface area contributed by atoms with Crippen molar-refractivity contribution in [3.05, 3.63) is 30.3 Å². The van der Waals surface area contributed by atoms with E-state index in [1.165, 1.54) is 11.8 Å². The van der Waals surface area contributed by atoms with E-state index in [4.69, 9.17) is 4.74 Å². The molecule has 1 aliphatic heterocycles. The minimum absolute atomic E-state index is 0.0487. The number of benzene rings is 1. The Hall–Kier alpha value is -1.54. The molecular formula is C15H19NO5S2. The molecule has 1 saturated heterocycles. The third kappa shape index (κ3) is 5.87. The molecule has 0 aliphatic carbocycles. The predicted molar refractivity (Wildman–Crippen MR) is 87.9 cm³/mol. The molecular weight excluding hydrogens is 338 g/mol. The summed E-state index contributed by atoms with van der Waals surface area (Å²) in [7, 11) is -3.05. The van der Waals surface area contributed by atoms with Gasteiger partial charge in [-0.2, -0.15) is 0 Å². The zero-order valence-electron chi connectivity index (χ0n) is 12.7. The second kappa shape index (κ2) is 7.83. The maximum atomic E-state index is 11.9. The van der Waals surface area contributed by atoms with Crippen LogP contribution in [0.25, 0.3) is 0 Å². The molecule has 1 aromatic carbocycles. The van der Waals surface area contributed by atoms with Crippen LogP contribution in [0.5, 0.6) is 0 Å². The number of amides is 1. The molecule has 8 heteroatoms. The molecule has 0 saturated carbocycles. The number of carbonyl (C=O) groups excluding carboxylic acids is 2. The maximum absolute atomic E-state index is 11.9. The lowest BCUT2D eigenvalue weighted by atomic mass is 10.2. The fourth-order valence-corrected chi connectivity index (χ4v) is 4.74. The van der Waals surface area contributed by atoms with Crippen LogP contribution in [0.4, 0.5) is 0 Å². The van der Waals surface area contributed by atoms with Crippen LogP contribution in [0, 0.1) is 0 Å². The summed E-state index contributed by atoms with van der Waals surface area (Å²) in [5, 5.41) is 2.14. The Morgan fingerprint density at radius 3 is 2.65 bits per heavy atom. The number of nitrogens with one attached hydrogen (secondary N) is 1. The molecule has 23 heavy (non-hydrogen) atoms. The van der Waals surface area contributed by atoms with Gasteiger partial charge in [-0.25, -0.2) is 8.42 Å². The summed E-state index contributed by atoms with van der Waals surface area (Å²) in [5.74, 6) is -0.916. The number of sulfone groups is 1. The Morgan fingerprint density at radius 2 is 2.04 bits per heavy atom. The minimum atomic E-state index is -3.05. The monoisotopic (exact) mass is 357 g/mol. The van der Waals surface area contributed by atoms with Gasteiger partial charge in [-0.05, 0) is 25.5 Å². The highest BCUT2D eigenvalue weighted by Gasteiger charge is 2.29. The molecule has 6 nitrogen and oxygen atoms in total. The number of hydrogen-bond acceptors (Lipinski definition) is 6. The zero-order valence-corrected chi connectivity index (χ0v) is 14.4. The van der Waals surface area contributed by atoms with Crippen molar-refractivity contribution in [3.63, 3.8) is 0 Å². The molecule has 0 bridgehead atoms. The first-order valence-corrected chi connectivity index (χ1v) is 9.94. The summed E-state index contributed by atoms with van der Waals surface area (Å²) in [6, 6.07) is 9.04. The first-order valence-electron chi connectivity index (χ1n) is 7.24. The number of rotatable bonds is 6. The Labute approximate surface area is 139 Å². The van der Waals surface area contributed by atoms with Crippen LogP contribution in [0.2, 0.25) is 0 Å². The van der Waals surface area contributed by atoms with Gasteiger partial charge in [-0.3, -0.25) is 9.59 Å². The van der Waals surface area contributed by atoms with Gasteiger partial charge in [0, 0.05) is 10.9 Å². The van der Waals surface area contributed by atoms with Crippen molar-refractivity contribution < 1.29 is 22.7 Å². The fourth-order valence-electron chi connectivity index (χ4n) is 2.18. The number of esters is 1. The molecule has 0 radical (unpaired) electrons. The van der Waals surface area contributed by atoms with E-state index < -0.39 is 33.6 Å². The third-order valence-electron chi connectivity index (χ3n) is 3.33. The van der Waals surface area contributed by atoms with E-state index >= 15 is 0 Å². The van der Waals surface area contributed by atoms with Gasteiger partial charge in [0.2, 0.25) is 0 Å². The third-order valence-corrected chi connectivity index (χ3v) is 6.19. The average molecular weight is 357 g/mol. The molecule has 1 amide bonds. The van der Waals surface area contributed by atoms with Crippen LogP contribution in [-0.4, -0.2) is 49.7 Å². The summed E-state index contributed by atoms with van der Waals surface area (Å²) in [6.07, 6.45) is 0.405. The smallest absolute Gasteiger partial charge is 0.319 e. The molecule has 126 valence electrons. The van der Waals surface area contributed by atoms with Crippen molar-refractivity contribution in [1.29, 1.82) is 0 Å². The zero-order chi connectivity index (χ0) is 16.9. The largest absolute Gasteiger partial charge is 0.455 e. The van der Waals surface area contributed by atoms with Crippen molar-refractivity contribution in [2.24, 2.45) is 0 Å².